The van der Waals surface area contributed by atoms with Gasteiger partial charge in [-0.25, -0.2) is 4.68 Å². The molecule has 3 aromatic carbocycles. The maximum absolute atomic E-state index is 12.9. The van der Waals surface area contributed by atoms with E-state index in [-0.39, 0.29) is 6.10 Å². The lowest BCUT2D eigenvalue weighted by Crippen LogP contribution is -2.26. The van der Waals surface area contributed by atoms with Crippen LogP contribution in [0.15, 0.2) is 77.8 Å². The molecule has 1 N–H and O–H groups in total. The number of halogens is 3. The number of rotatable bonds is 7. The van der Waals surface area contributed by atoms with E-state index < -0.39 is 22.5 Å². The second kappa shape index (κ2) is 9.30. The Balaban J connectivity index is 1.54. The summed E-state index contributed by atoms with van der Waals surface area (Å²) < 4.78 is 45.3. The summed E-state index contributed by atoms with van der Waals surface area (Å²) in [5, 5.41) is 14.7. The van der Waals surface area contributed by atoms with Crippen LogP contribution < -0.4 is 4.74 Å². The summed E-state index contributed by atoms with van der Waals surface area (Å²) in [6.45, 7) is 5.19. The van der Waals surface area contributed by atoms with Crippen molar-refractivity contribution in [1.82, 2.24) is 9.78 Å². The Labute approximate surface area is 204 Å². The molecule has 0 spiro atoms. The summed E-state index contributed by atoms with van der Waals surface area (Å²) in [7, 11) is 0. The van der Waals surface area contributed by atoms with Crippen LogP contribution in [0.1, 0.15) is 38.0 Å². The molecule has 182 valence electrons. The van der Waals surface area contributed by atoms with Crippen molar-refractivity contribution in [3.8, 4) is 11.4 Å². The van der Waals surface area contributed by atoms with Crippen molar-refractivity contribution in [1.29, 1.82) is 0 Å². The van der Waals surface area contributed by atoms with Gasteiger partial charge in [0, 0.05) is 22.0 Å². The quantitative estimate of drug-likeness (QED) is 0.273. The fourth-order valence-electron chi connectivity index (χ4n) is 3.52. The van der Waals surface area contributed by atoms with Crippen molar-refractivity contribution in [3.05, 3.63) is 84.1 Å². The van der Waals surface area contributed by atoms with E-state index in [1.54, 1.807) is 36.9 Å². The average Bonchev–Trinajstić information content (AvgIpc) is 3.24. The van der Waals surface area contributed by atoms with Gasteiger partial charge < -0.3 is 9.84 Å². The molecule has 5 nitrogen and oxygen atoms in total. The molecule has 0 amide bonds. The standard InChI is InChI=1S/C26H23F3N2O3S/c1-16(34-20-11-13-21(14-12-20)35-25(2,3)24(32)33)22-6-4-5-17-15-31(30-23(17)22)19-9-7-18(8-10-19)26(27,28)29/h4-16H,1-3H3,(H,32,33). The number of aromatic nitrogens is 2. The molecule has 1 heterocycles. The van der Waals surface area contributed by atoms with Gasteiger partial charge in [0.2, 0.25) is 0 Å². The molecule has 1 unspecified atom stereocenters. The lowest BCUT2D eigenvalue weighted by atomic mass is 10.1. The zero-order chi connectivity index (χ0) is 25.4. The van der Waals surface area contributed by atoms with Gasteiger partial charge in [-0.2, -0.15) is 18.3 Å². The van der Waals surface area contributed by atoms with Crippen molar-refractivity contribution in [2.45, 2.75) is 42.7 Å². The Hall–Kier alpha value is -3.46. The number of hydrogen-bond donors (Lipinski definition) is 1. The molecule has 35 heavy (non-hydrogen) atoms. The first kappa shape index (κ1) is 24.7. The van der Waals surface area contributed by atoms with Gasteiger partial charge >= 0.3 is 12.1 Å². The van der Waals surface area contributed by atoms with E-state index in [9.17, 15) is 23.1 Å². The molecule has 0 aliphatic carbocycles. The van der Waals surface area contributed by atoms with Crippen molar-refractivity contribution < 1.29 is 27.8 Å². The van der Waals surface area contributed by atoms with Crippen LogP contribution in [0.5, 0.6) is 5.75 Å². The molecule has 0 fully saturated rings. The number of aliphatic carboxylic acids is 1. The number of ether oxygens (including phenoxy) is 1. The highest BCUT2D eigenvalue weighted by Crippen LogP contribution is 2.35. The van der Waals surface area contributed by atoms with Crippen LogP contribution in [0.25, 0.3) is 16.6 Å². The summed E-state index contributed by atoms with van der Waals surface area (Å²) >= 11 is 1.25. The van der Waals surface area contributed by atoms with Gasteiger partial charge in [0.05, 0.1) is 16.8 Å². The molecule has 0 aliphatic rings. The molecular formula is C26H23F3N2O3S. The summed E-state index contributed by atoms with van der Waals surface area (Å²) in [5.74, 6) is -0.269. The van der Waals surface area contributed by atoms with Crippen LogP contribution in [0.2, 0.25) is 0 Å². The first-order chi connectivity index (χ1) is 16.4. The van der Waals surface area contributed by atoms with Gasteiger partial charge in [-0.05, 0) is 69.3 Å². The maximum Gasteiger partial charge on any atom is 0.416 e. The zero-order valence-corrected chi connectivity index (χ0v) is 20.0. The normalized spacial score (nSPS) is 13.1. The van der Waals surface area contributed by atoms with Crippen molar-refractivity contribution in [3.63, 3.8) is 0 Å². The number of carboxylic acid groups (broad SMARTS) is 1. The average molecular weight is 501 g/mol. The van der Waals surface area contributed by atoms with E-state index in [2.05, 4.69) is 5.10 Å². The highest BCUT2D eigenvalue weighted by molar-refractivity contribution is 8.01. The van der Waals surface area contributed by atoms with Crippen molar-refractivity contribution in [2.24, 2.45) is 0 Å². The highest BCUT2D eigenvalue weighted by atomic mass is 32.2. The molecule has 4 rings (SSSR count). The zero-order valence-electron chi connectivity index (χ0n) is 19.2. The summed E-state index contributed by atoms with van der Waals surface area (Å²) in [5.41, 5.74) is 1.33. The third kappa shape index (κ3) is 5.45. The van der Waals surface area contributed by atoms with Gasteiger partial charge in [-0.3, -0.25) is 4.79 Å². The van der Waals surface area contributed by atoms with Crippen LogP contribution in [0.4, 0.5) is 13.2 Å². The van der Waals surface area contributed by atoms with Crippen LogP contribution in [-0.4, -0.2) is 25.6 Å². The number of carbonyl (C=O) groups is 1. The van der Waals surface area contributed by atoms with Gasteiger partial charge in [0.1, 0.15) is 16.6 Å². The fraction of sp³-hybridized carbons (Fsp3) is 0.231. The first-order valence-electron chi connectivity index (χ1n) is 10.8. The summed E-state index contributed by atoms with van der Waals surface area (Å²) in [6.07, 6.45) is -2.98. The van der Waals surface area contributed by atoms with Crippen LogP contribution in [0, 0.1) is 0 Å². The molecule has 1 atom stereocenters. The van der Waals surface area contributed by atoms with Crippen LogP contribution in [0.3, 0.4) is 0 Å². The minimum atomic E-state index is -4.39. The monoisotopic (exact) mass is 500 g/mol. The summed E-state index contributed by atoms with van der Waals surface area (Å²) in [6, 6.07) is 17.7. The second-order valence-electron chi connectivity index (χ2n) is 8.55. The molecule has 1 aromatic heterocycles. The first-order valence-corrected chi connectivity index (χ1v) is 11.6. The van der Waals surface area contributed by atoms with E-state index in [4.69, 9.17) is 4.74 Å². The molecule has 0 bridgehead atoms. The summed E-state index contributed by atoms with van der Waals surface area (Å²) in [4.78, 5) is 12.2. The Kier molecular flexibility index (Phi) is 6.55. The fourth-order valence-corrected chi connectivity index (χ4v) is 4.47. The number of thioether (sulfide) groups is 1. The second-order valence-corrected chi connectivity index (χ2v) is 10.2. The van der Waals surface area contributed by atoms with Crippen LogP contribution in [-0.2, 0) is 11.0 Å². The minimum absolute atomic E-state index is 0.358. The number of benzene rings is 3. The van der Waals surface area contributed by atoms with Gasteiger partial charge in [-0.15, -0.1) is 11.8 Å². The minimum Gasteiger partial charge on any atom is -0.486 e. The number of nitrogens with zero attached hydrogens (tertiary/aromatic N) is 2. The molecule has 0 aliphatic heterocycles. The van der Waals surface area contributed by atoms with Gasteiger partial charge in [-0.1, -0.05) is 18.2 Å². The molecular weight excluding hydrogens is 477 g/mol. The Morgan fingerprint density at radius 3 is 2.29 bits per heavy atom. The van der Waals surface area contributed by atoms with Crippen molar-refractivity contribution >= 4 is 28.6 Å². The number of carboxylic acids is 1. The molecule has 0 saturated carbocycles. The Bertz CT molecular complexity index is 1350. The van der Waals surface area contributed by atoms with Crippen molar-refractivity contribution in [2.75, 3.05) is 0 Å². The van der Waals surface area contributed by atoms with E-state index in [1.165, 1.54) is 23.9 Å². The van der Waals surface area contributed by atoms with E-state index in [0.717, 1.165) is 28.0 Å². The third-order valence-electron chi connectivity index (χ3n) is 5.49. The van der Waals surface area contributed by atoms with E-state index in [0.29, 0.717) is 17.0 Å². The predicted molar refractivity (Wildman–Crippen MR) is 129 cm³/mol. The topological polar surface area (TPSA) is 64.3 Å². The number of fused-ring (bicyclic) bond motifs is 1. The molecule has 9 heteroatoms. The lowest BCUT2D eigenvalue weighted by molar-refractivity contribution is -0.139. The molecule has 4 aromatic rings. The van der Waals surface area contributed by atoms with E-state index >= 15 is 0 Å². The Morgan fingerprint density at radius 1 is 1.03 bits per heavy atom. The van der Waals surface area contributed by atoms with Crippen LogP contribution >= 0.6 is 11.8 Å². The van der Waals surface area contributed by atoms with Gasteiger partial charge in [0.15, 0.2) is 0 Å². The number of alkyl halides is 3. The predicted octanol–water partition coefficient (Wildman–Crippen LogP) is 7.14. The molecule has 0 saturated heterocycles. The number of hydrogen-bond acceptors (Lipinski definition) is 4. The van der Waals surface area contributed by atoms with E-state index in [1.807, 2.05) is 37.3 Å². The lowest BCUT2D eigenvalue weighted by Gasteiger charge is -2.19. The smallest absolute Gasteiger partial charge is 0.416 e. The SMILES string of the molecule is CC(Oc1ccc(SC(C)(C)C(=O)O)cc1)c1cccc2cn(-c3ccc(C(F)(F)F)cc3)nc12. The highest BCUT2D eigenvalue weighted by Gasteiger charge is 2.30. The maximum atomic E-state index is 12.9. The molecule has 0 radical (unpaired) electrons. The largest absolute Gasteiger partial charge is 0.486 e. The Morgan fingerprint density at radius 2 is 1.69 bits per heavy atom. The third-order valence-corrected chi connectivity index (χ3v) is 6.68. The van der Waals surface area contributed by atoms with Gasteiger partial charge in [0.25, 0.3) is 0 Å².